The second kappa shape index (κ2) is 6.75. The lowest BCUT2D eigenvalue weighted by molar-refractivity contribution is -0.159. The van der Waals surface area contributed by atoms with Gasteiger partial charge in [-0.05, 0) is 12.8 Å². The minimum atomic E-state index is -0.469. The van der Waals surface area contributed by atoms with Crippen molar-refractivity contribution in [2.45, 2.75) is 44.6 Å². The van der Waals surface area contributed by atoms with Crippen LogP contribution in [-0.2, 0) is 14.3 Å². The van der Waals surface area contributed by atoms with E-state index in [0.717, 1.165) is 19.4 Å². The van der Waals surface area contributed by atoms with Gasteiger partial charge in [-0.3, -0.25) is 4.79 Å². The Labute approximate surface area is 129 Å². The van der Waals surface area contributed by atoms with E-state index in [4.69, 9.17) is 14.0 Å². The number of likely N-dealkylation sites (tertiary alicyclic amines) is 1. The van der Waals surface area contributed by atoms with Gasteiger partial charge in [0.15, 0.2) is 11.9 Å². The van der Waals surface area contributed by atoms with Crippen LogP contribution in [0.25, 0.3) is 0 Å². The molecule has 0 saturated carbocycles. The van der Waals surface area contributed by atoms with Crippen molar-refractivity contribution < 1.29 is 18.8 Å². The SMILES string of the molecule is CC(C)c1nc([C@H]2CCCN(C(=O)[C@H]3COCCO3)C2)no1. The second-order valence-electron chi connectivity index (χ2n) is 6.20. The zero-order valence-corrected chi connectivity index (χ0v) is 13.2. The first-order valence-electron chi connectivity index (χ1n) is 7.96. The minimum absolute atomic E-state index is 0.0111. The number of rotatable bonds is 3. The number of carbonyl (C=O) groups excluding carboxylic acids is 1. The van der Waals surface area contributed by atoms with Crippen LogP contribution in [0, 0.1) is 0 Å². The van der Waals surface area contributed by atoms with E-state index in [1.165, 1.54) is 0 Å². The van der Waals surface area contributed by atoms with Crippen LogP contribution in [-0.4, -0.2) is 60.0 Å². The van der Waals surface area contributed by atoms with Gasteiger partial charge >= 0.3 is 0 Å². The molecule has 0 bridgehead atoms. The Kier molecular flexibility index (Phi) is 4.73. The average Bonchev–Trinajstić information content (AvgIpc) is 3.05. The normalized spacial score (nSPS) is 26.4. The number of aromatic nitrogens is 2. The standard InChI is InChI=1S/C15H23N3O4/c1-10(2)14-16-13(17-22-14)11-4-3-5-18(8-11)15(19)12-9-20-6-7-21-12/h10-12H,3-9H2,1-2H3/t11-,12+/m0/s1. The maximum absolute atomic E-state index is 12.5. The third kappa shape index (κ3) is 3.30. The molecule has 0 radical (unpaired) electrons. The van der Waals surface area contributed by atoms with Crippen LogP contribution in [0.15, 0.2) is 4.52 Å². The molecule has 122 valence electrons. The highest BCUT2D eigenvalue weighted by atomic mass is 16.6. The van der Waals surface area contributed by atoms with Crippen LogP contribution in [0.2, 0.25) is 0 Å². The topological polar surface area (TPSA) is 77.7 Å². The summed E-state index contributed by atoms with van der Waals surface area (Å²) in [5.74, 6) is 1.73. The zero-order chi connectivity index (χ0) is 15.5. The Hall–Kier alpha value is -1.47. The molecule has 2 aliphatic rings. The van der Waals surface area contributed by atoms with Gasteiger partial charge < -0.3 is 18.9 Å². The van der Waals surface area contributed by atoms with Crippen LogP contribution in [0.5, 0.6) is 0 Å². The Morgan fingerprint density at radius 2 is 2.23 bits per heavy atom. The fraction of sp³-hybridized carbons (Fsp3) is 0.800. The van der Waals surface area contributed by atoms with Gasteiger partial charge in [0, 0.05) is 24.9 Å². The average molecular weight is 309 g/mol. The number of piperidine rings is 1. The highest BCUT2D eigenvalue weighted by molar-refractivity contribution is 5.81. The van der Waals surface area contributed by atoms with Crippen molar-refractivity contribution in [1.82, 2.24) is 15.0 Å². The number of ether oxygens (including phenoxy) is 2. The van der Waals surface area contributed by atoms with Crippen molar-refractivity contribution in [3.63, 3.8) is 0 Å². The van der Waals surface area contributed by atoms with Gasteiger partial charge in [0.1, 0.15) is 0 Å². The first kappa shape index (κ1) is 15.4. The fourth-order valence-corrected chi connectivity index (χ4v) is 2.87. The Morgan fingerprint density at radius 1 is 1.36 bits per heavy atom. The molecule has 7 heteroatoms. The van der Waals surface area contributed by atoms with Crippen LogP contribution in [0.1, 0.15) is 50.2 Å². The van der Waals surface area contributed by atoms with Crippen LogP contribution >= 0.6 is 0 Å². The van der Waals surface area contributed by atoms with Crippen molar-refractivity contribution >= 4 is 5.91 Å². The molecule has 3 heterocycles. The quantitative estimate of drug-likeness (QED) is 0.838. The van der Waals surface area contributed by atoms with Gasteiger partial charge in [0.2, 0.25) is 5.89 Å². The summed E-state index contributed by atoms with van der Waals surface area (Å²) in [5, 5.41) is 4.09. The predicted molar refractivity (Wildman–Crippen MR) is 77.5 cm³/mol. The molecule has 0 unspecified atom stereocenters. The molecule has 1 aromatic heterocycles. The summed E-state index contributed by atoms with van der Waals surface area (Å²) < 4.78 is 16.1. The first-order valence-corrected chi connectivity index (χ1v) is 7.96. The zero-order valence-electron chi connectivity index (χ0n) is 13.2. The summed E-state index contributed by atoms with van der Waals surface area (Å²) in [5.41, 5.74) is 0. The molecule has 2 atom stereocenters. The Balaban J connectivity index is 1.64. The Morgan fingerprint density at radius 3 is 2.91 bits per heavy atom. The van der Waals surface area contributed by atoms with E-state index < -0.39 is 6.10 Å². The number of amides is 1. The summed E-state index contributed by atoms with van der Waals surface area (Å²) >= 11 is 0. The maximum atomic E-state index is 12.5. The molecular formula is C15H23N3O4. The van der Waals surface area contributed by atoms with Crippen molar-refractivity contribution in [2.75, 3.05) is 32.9 Å². The number of nitrogens with zero attached hydrogens (tertiary/aromatic N) is 3. The molecule has 2 aliphatic heterocycles. The summed E-state index contributed by atoms with van der Waals surface area (Å²) in [6.07, 6.45) is 1.45. The maximum Gasteiger partial charge on any atom is 0.254 e. The van der Waals surface area contributed by atoms with Crippen molar-refractivity contribution in [1.29, 1.82) is 0 Å². The number of carbonyl (C=O) groups is 1. The third-order valence-electron chi connectivity index (χ3n) is 4.14. The molecule has 0 aliphatic carbocycles. The molecule has 7 nitrogen and oxygen atoms in total. The molecule has 2 saturated heterocycles. The Bertz CT molecular complexity index is 511. The van der Waals surface area contributed by atoms with E-state index in [2.05, 4.69) is 10.1 Å². The predicted octanol–water partition coefficient (Wildman–Crippen LogP) is 1.31. The highest BCUT2D eigenvalue weighted by Crippen LogP contribution is 2.26. The van der Waals surface area contributed by atoms with Gasteiger partial charge in [0.05, 0.1) is 19.8 Å². The van der Waals surface area contributed by atoms with Crippen molar-refractivity contribution in [3.8, 4) is 0 Å². The van der Waals surface area contributed by atoms with Gasteiger partial charge in [-0.25, -0.2) is 0 Å². The summed E-state index contributed by atoms with van der Waals surface area (Å²) in [6, 6.07) is 0. The van der Waals surface area contributed by atoms with E-state index in [-0.39, 0.29) is 17.7 Å². The summed E-state index contributed by atoms with van der Waals surface area (Å²) in [7, 11) is 0. The summed E-state index contributed by atoms with van der Waals surface area (Å²) in [6.45, 7) is 6.81. The smallest absolute Gasteiger partial charge is 0.254 e. The summed E-state index contributed by atoms with van der Waals surface area (Å²) in [4.78, 5) is 18.8. The fourth-order valence-electron chi connectivity index (χ4n) is 2.87. The van der Waals surface area contributed by atoms with E-state index in [9.17, 15) is 4.79 Å². The van der Waals surface area contributed by atoms with Gasteiger partial charge in [-0.15, -0.1) is 0 Å². The molecule has 1 amide bonds. The van der Waals surface area contributed by atoms with Gasteiger partial charge in [0.25, 0.3) is 5.91 Å². The monoisotopic (exact) mass is 309 g/mol. The van der Waals surface area contributed by atoms with Crippen molar-refractivity contribution in [3.05, 3.63) is 11.7 Å². The molecule has 2 fully saturated rings. The molecule has 0 N–H and O–H groups in total. The lowest BCUT2D eigenvalue weighted by Crippen LogP contribution is -2.48. The molecule has 0 spiro atoms. The number of hydrogen-bond acceptors (Lipinski definition) is 6. The van der Waals surface area contributed by atoms with E-state index in [0.29, 0.717) is 38.1 Å². The molecular weight excluding hydrogens is 286 g/mol. The second-order valence-corrected chi connectivity index (χ2v) is 6.20. The van der Waals surface area contributed by atoms with E-state index in [1.54, 1.807) is 0 Å². The molecule has 1 aromatic rings. The third-order valence-corrected chi connectivity index (χ3v) is 4.14. The van der Waals surface area contributed by atoms with Crippen LogP contribution in [0.3, 0.4) is 0 Å². The lowest BCUT2D eigenvalue weighted by Gasteiger charge is -2.34. The van der Waals surface area contributed by atoms with E-state index in [1.807, 2.05) is 18.7 Å². The van der Waals surface area contributed by atoms with Crippen LogP contribution in [0.4, 0.5) is 0 Å². The molecule has 22 heavy (non-hydrogen) atoms. The molecule has 3 rings (SSSR count). The minimum Gasteiger partial charge on any atom is -0.376 e. The lowest BCUT2D eigenvalue weighted by atomic mass is 9.97. The van der Waals surface area contributed by atoms with Crippen LogP contribution < -0.4 is 0 Å². The van der Waals surface area contributed by atoms with E-state index >= 15 is 0 Å². The number of hydrogen-bond donors (Lipinski definition) is 0. The first-order chi connectivity index (χ1) is 10.6. The largest absolute Gasteiger partial charge is 0.376 e. The highest BCUT2D eigenvalue weighted by Gasteiger charge is 2.33. The van der Waals surface area contributed by atoms with Gasteiger partial charge in [-0.2, -0.15) is 4.98 Å². The molecule has 0 aromatic carbocycles. The van der Waals surface area contributed by atoms with Crippen molar-refractivity contribution in [2.24, 2.45) is 0 Å². The van der Waals surface area contributed by atoms with Gasteiger partial charge in [-0.1, -0.05) is 19.0 Å².